The Kier molecular flexibility index (Phi) is 4.45. The number of aliphatic imine (C=N–C) groups is 1. The molecule has 4 nitrogen and oxygen atoms in total. The van der Waals surface area contributed by atoms with Crippen LogP contribution in [0.25, 0.3) is 10.9 Å². The first-order chi connectivity index (χ1) is 12.2. The topological polar surface area (TPSA) is 43.4 Å². The van der Waals surface area contributed by atoms with E-state index in [4.69, 9.17) is 4.99 Å². The van der Waals surface area contributed by atoms with Gasteiger partial charge < -0.3 is 15.2 Å². The monoisotopic (exact) mass is 338 g/mol. The van der Waals surface area contributed by atoms with Crippen LogP contribution in [0, 0.1) is 12.3 Å². The second kappa shape index (κ2) is 6.74. The highest BCUT2D eigenvalue weighted by Gasteiger charge is 2.43. The molecule has 25 heavy (non-hydrogen) atoms. The fraction of sp³-hybridized carbons (Fsp3) is 0.571. The lowest BCUT2D eigenvalue weighted by molar-refractivity contribution is 0.151. The van der Waals surface area contributed by atoms with Crippen LogP contribution < -0.4 is 5.32 Å². The van der Waals surface area contributed by atoms with Crippen molar-refractivity contribution in [3.8, 4) is 0 Å². The molecule has 1 aliphatic carbocycles. The Labute approximate surface area is 150 Å². The summed E-state index contributed by atoms with van der Waals surface area (Å²) in [7, 11) is 0. The van der Waals surface area contributed by atoms with E-state index in [-0.39, 0.29) is 0 Å². The van der Waals surface area contributed by atoms with Gasteiger partial charge in [0.25, 0.3) is 0 Å². The number of guanidine groups is 1. The van der Waals surface area contributed by atoms with Crippen molar-refractivity contribution in [2.45, 2.75) is 46.0 Å². The summed E-state index contributed by atoms with van der Waals surface area (Å²) in [6.45, 7) is 8.49. The zero-order valence-corrected chi connectivity index (χ0v) is 15.6. The molecule has 2 aromatic rings. The third-order valence-electron chi connectivity index (χ3n) is 6.13. The fourth-order valence-corrected chi connectivity index (χ4v) is 4.56. The van der Waals surface area contributed by atoms with Crippen LogP contribution in [0.1, 0.15) is 43.7 Å². The molecule has 2 heterocycles. The van der Waals surface area contributed by atoms with Crippen LogP contribution in [0.4, 0.5) is 0 Å². The first-order valence-corrected chi connectivity index (χ1v) is 9.80. The fourth-order valence-electron chi connectivity index (χ4n) is 4.56. The van der Waals surface area contributed by atoms with Gasteiger partial charge in [0, 0.05) is 43.3 Å². The Hall–Kier alpha value is -1.97. The van der Waals surface area contributed by atoms with Crippen molar-refractivity contribution in [3.05, 3.63) is 35.5 Å². The average Bonchev–Trinajstić information content (AvgIpc) is 3.19. The molecule has 0 unspecified atom stereocenters. The summed E-state index contributed by atoms with van der Waals surface area (Å²) < 4.78 is 0. The molecule has 1 saturated carbocycles. The van der Waals surface area contributed by atoms with Crippen molar-refractivity contribution in [1.29, 1.82) is 0 Å². The van der Waals surface area contributed by atoms with Crippen LogP contribution in [0.15, 0.2) is 29.4 Å². The number of hydrogen-bond donors (Lipinski definition) is 2. The number of aryl methyl sites for hydroxylation is 1. The Balaban J connectivity index is 1.45. The summed E-state index contributed by atoms with van der Waals surface area (Å²) >= 11 is 0. The number of rotatable bonds is 4. The Morgan fingerprint density at radius 3 is 2.92 bits per heavy atom. The van der Waals surface area contributed by atoms with E-state index in [0.29, 0.717) is 5.41 Å². The molecule has 0 bridgehead atoms. The number of H-pyrrole nitrogens is 1. The minimum atomic E-state index is 0.615. The first kappa shape index (κ1) is 16.5. The zero-order valence-electron chi connectivity index (χ0n) is 15.6. The number of nitrogens with zero attached hydrogens (tertiary/aromatic N) is 2. The number of benzene rings is 1. The van der Waals surface area contributed by atoms with Crippen LogP contribution in [0.2, 0.25) is 0 Å². The Bertz CT molecular complexity index is 769. The van der Waals surface area contributed by atoms with E-state index in [9.17, 15) is 0 Å². The molecule has 2 fully saturated rings. The maximum atomic E-state index is 4.95. The molecule has 0 amide bonds. The molecule has 2 aliphatic rings. The number of fused-ring (bicyclic) bond motifs is 1. The van der Waals surface area contributed by atoms with E-state index in [0.717, 1.165) is 32.0 Å². The quantitative estimate of drug-likeness (QED) is 0.657. The summed E-state index contributed by atoms with van der Waals surface area (Å²) in [6, 6.07) is 6.46. The highest BCUT2D eigenvalue weighted by atomic mass is 15.3. The lowest BCUT2D eigenvalue weighted by atomic mass is 9.68. The van der Waals surface area contributed by atoms with Crippen LogP contribution in [0.5, 0.6) is 0 Å². The molecule has 2 N–H and O–H groups in total. The van der Waals surface area contributed by atoms with E-state index >= 15 is 0 Å². The van der Waals surface area contributed by atoms with Crippen LogP contribution in [0.3, 0.4) is 0 Å². The number of hydrogen-bond acceptors (Lipinski definition) is 1. The molecule has 1 aromatic carbocycles. The zero-order chi connectivity index (χ0) is 17.3. The largest absolute Gasteiger partial charge is 0.361 e. The van der Waals surface area contributed by atoms with E-state index in [1.807, 2.05) is 0 Å². The second-order valence-electron chi connectivity index (χ2n) is 7.82. The van der Waals surface area contributed by atoms with Gasteiger partial charge in [-0.25, -0.2) is 0 Å². The Morgan fingerprint density at radius 1 is 1.32 bits per heavy atom. The van der Waals surface area contributed by atoms with Gasteiger partial charge in [-0.3, -0.25) is 4.99 Å². The molecule has 1 aromatic heterocycles. The predicted molar refractivity (Wildman–Crippen MR) is 105 cm³/mol. The number of aromatic amines is 1. The third-order valence-corrected chi connectivity index (χ3v) is 6.13. The summed E-state index contributed by atoms with van der Waals surface area (Å²) in [5.41, 5.74) is 4.57. The lowest BCUT2D eigenvalue weighted by Gasteiger charge is -2.38. The number of aromatic nitrogens is 1. The number of likely N-dealkylation sites (tertiary alicyclic amines) is 1. The predicted octanol–water partition coefficient (Wildman–Crippen LogP) is 3.86. The molecule has 1 aliphatic heterocycles. The SMILES string of the molecule is CCNC(=NCCc1c[nH]c2cccc(C)c12)N1CCC2(CCC2)C1. The summed E-state index contributed by atoms with van der Waals surface area (Å²) in [5, 5.41) is 4.88. The van der Waals surface area contributed by atoms with Crippen molar-refractivity contribution in [1.82, 2.24) is 15.2 Å². The van der Waals surface area contributed by atoms with Gasteiger partial charge in [0.15, 0.2) is 5.96 Å². The minimum Gasteiger partial charge on any atom is -0.361 e. The molecule has 1 saturated heterocycles. The molecule has 0 radical (unpaired) electrons. The number of nitrogens with one attached hydrogen (secondary N) is 2. The molecular weight excluding hydrogens is 308 g/mol. The highest BCUT2D eigenvalue weighted by molar-refractivity contribution is 5.86. The van der Waals surface area contributed by atoms with Gasteiger partial charge in [-0.2, -0.15) is 0 Å². The van der Waals surface area contributed by atoms with Crippen LogP contribution in [-0.4, -0.2) is 42.0 Å². The van der Waals surface area contributed by atoms with Crippen molar-refractivity contribution in [2.75, 3.05) is 26.2 Å². The third kappa shape index (κ3) is 3.14. The van der Waals surface area contributed by atoms with E-state index in [1.54, 1.807) is 0 Å². The van der Waals surface area contributed by atoms with Gasteiger partial charge in [0.2, 0.25) is 0 Å². The average molecular weight is 338 g/mol. The molecule has 0 atom stereocenters. The molecule has 4 heteroatoms. The maximum Gasteiger partial charge on any atom is 0.193 e. The van der Waals surface area contributed by atoms with Gasteiger partial charge >= 0.3 is 0 Å². The van der Waals surface area contributed by atoms with E-state index < -0.39 is 0 Å². The van der Waals surface area contributed by atoms with E-state index in [2.05, 4.69) is 53.4 Å². The summed E-state index contributed by atoms with van der Waals surface area (Å²) in [6.07, 6.45) is 8.73. The Morgan fingerprint density at radius 2 is 2.20 bits per heavy atom. The van der Waals surface area contributed by atoms with Gasteiger partial charge in [0.05, 0.1) is 0 Å². The molecule has 4 rings (SSSR count). The smallest absolute Gasteiger partial charge is 0.193 e. The van der Waals surface area contributed by atoms with Crippen molar-refractivity contribution < 1.29 is 0 Å². The van der Waals surface area contributed by atoms with Crippen molar-refractivity contribution in [3.63, 3.8) is 0 Å². The normalized spacial score (nSPS) is 19.6. The van der Waals surface area contributed by atoms with Crippen molar-refractivity contribution in [2.24, 2.45) is 10.4 Å². The van der Waals surface area contributed by atoms with Crippen LogP contribution >= 0.6 is 0 Å². The van der Waals surface area contributed by atoms with Gasteiger partial charge in [-0.1, -0.05) is 18.6 Å². The molecular formula is C21H30N4. The maximum absolute atomic E-state index is 4.95. The van der Waals surface area contributed by atoms with Gasteiger partial charge in [-0.05, 0) is 62.1 Å². The molecule has 134 valence electrons. The van der Waals surface area contributed by atoms with E-state index in [1.165, 1.54) is 54.3 Å². The minimum absolute atomic E-state index is 0.615. The first-order valence-electron chi connectivity index (χ1n) is 9.80. The highest BCUT2D eigenvalue weighted by Crippen LogP contribution is 2.47. The summed E-state index contributed by atoms with van der Waals surface area (Å²) in [5.74, 6) is 1.11. The standard InChI is InChI=1S/C21H30N4/c1-3-22-20(25-13-11-21(15-25)9-5-10-21)23-12-8-17-14-24-18-7-4-6-16(2)19(17)18/h4,6-7,14,24H,3,5,8-13,15H2,1-2H3,(H,22,23). The van der Waals surface area contributed by atoms with Gasteiger partial charge in [-0.15, -0.1) is 0 Å². The van der Waals surface area contributed by atoms with Crippen molar-refractivity contribution >= 4 is 16.9 Å². The second-order valence-corrected chi connectivity index (χ2v) is 7.82. The lowest BCUT2D eigenvalue weighted by Crippen LogP contribution is -2.42. The van der Waals surface area contributed by atoms with Crippen LogP contribution in [-0.2, 0) is 6.42 Å². The summed E-state index contributed by atoms with van der Waals surface area (Å²) in [4.78, 5) is 10.8. The molecule has 1 spiro atoms. The van der Waals surface area contributed by atoms with Gasteiger partial charge in [0.1, 0.15) is 0 Å².